The Morgan fingerprint density at radius 2 is 2.19 bits per heavy atom. The van der Waals surface area contributed by atoms with E-state index in [1.54, 1.807) is 6.07 Å². The van der Waals surface area contributed by atoms with Gasteiger partial charge in [-0.05, 0) is 25.3 Å². The van der Waals surface area contributed by atoms with Gasteiger partial charge in [-0.2, -0.15) is 13.2 Å². The van der Waals surface area contributed by atoms with Crippen molar-refractivity contribution in [2.24, 2.45) is 0 Å². The predicted octanol–water partition coefficient (Wildman–Crippen LogP) is 3.15. The Morgan fingerprint density at radius 3 is 2.88 bits per heavy atom. The molecule has 1 unspecified atom stereocenters. The van der Waals surface area contributed by atoms with Crippen LogP contribution in [0.1, 0.15) is 37.0 Å². The van der Waals surface area contributed by atoms with Gasteiger partial charge in [-0.15, -0.1) is 0 Å². The minimum Gasteiger partial charge on any atom is -0.469 e. The highest BCUT2D eigenvalue weighted by Gasteiger charge is 2.39. The molecule has 1 heterocycles. The van der Waals surface area contributed by atoms with E-state index in [1.165, 1.54) is 6.26 Å². The molecule has 0 aromatic carbocycles. The van der Waals surface area contributed by atoms with Gasteiger partial charge in [0.15, 0.2) is 0 Å². The molecular weight excluding hydrogens is 221 g/mol. The number of hydrogen-bond donors (Lipinski definition) is 1. The first-order chi connectivity index (χ1) is 7.41. The normalized spacial score (nSPS) is 25.5. The Balaban J connectivity index is 2.15. The minimum absolute atomic E-state index is 0.289. The summed E-state index contributed by atoms with van der Waals surface area (Å²) < 4.78 is 41.6. The third kappa shape index (κ3) is 2.24. The maximum Gasteiger partial charge on any atom is 0.389 e. The first kappa shape index (κ1) is 11.5. The molecule has 0 amide bonds. The molecule has 1 aromatic rings. The first-order valence-corrected chi connectivity index (χ1v) is 5.27. The molecule has 5 heteroatoms. The van der Waals surface area contributed by atoms with Crippen LogP contribution in [0.4, 0.5) is 13.2 Å². The van der Waals surface area contributed by atoms with Crippen LogP contribution in [0.15, 0.2) is 16.7 Å². The fraction of sp³-hybridized carbons (Fsp3) is 0.636. The van der Waals surface area contributed by atoms with E-state index in [1.807, 2.05) is 0 Å². The molecule has 1 aromatic heterocycles. The smallest absolute Gasteiger partial charge is 0.389 e. The summed E-state index contributed by atoms with van der Waals surface area (Å²) in [6.07, 6.45) is -2.33. The number of aliphatic hydroxyl groups is 1. The van der Waals surface area contributed by atoms with Gasteiger partial charge >= 0.3 is 6.18 Å². The minimum atomic E-state index is -4.23. The highest BCUT2D eigenvalue weighted by atomic mass is 19.4. The monoisotopic (exact) mass is 234 g/mol. The van der Waals surface area contributed by atoms with Gasteiger partial charge in [0.2, 0.25) is 0 Å². The summed E-state index contributed by atoms with van der Waals surface area (Å²) in [6, 6.07) is 1.57. The maximum atomic E-state index is 12.1. The molecule has 0 spiro atoms. The lowest BCUT2D eigenvalue weighted by Crippen LogP contribution is -2.31. The van der Waals surface area contributed by atoms with Crippen LogP contribution in [-0.4, -0.2) is 11.3 Å². The number of halogens is 3. The van der Waals surface area contributed by atoms with Gasteiger partial charge in [0.25, 0.3) is 0 Å². The Labute approximate surface area is 91.1 Å². The summed E-state index contributed by atoms with van der Waals surface area (Å²) in [7, 11) is 0. The van der Waals surface area contributed by atoms with E-state index in [0.717, 1.165) is 0 Å². The lowest BCUT2D eigenvalue weighted by Gasteiger charge is -2.32. The van der Waals surface area contributed by atoms with Gasteiger partial charge in [-0.1, -0.05) is 0 Å². The molecule has 0 saturated carbocycles. The Morgan fingerprint density at radius 1 is 1.44 bits per heavy atom. The first-order valence-electron chi connectivity index (χ1n) is 5.27. The molecule has 0 fully saturated rings. The Hall–Kier alpha value is -0.970. The standard InChI is InChI=1S/C11H13F3O2/c12-11(13,14)6-5-10(15)4-1-2-9-8(10)3-7-16-9/h3,7,15H,1-2,4-6H2. The number of hydrogen-bond acceptors (Lipinski definition) is 2. The van der Waals surface area contributed by atoms with Crippen LogP contribution in [0.25, 0.3) is 0 Å². The van der Waals surface area contributed by atoms with Crippen molar-refractivity contribution in [3.8, 4) is 0 Å². The zero-order chi connectivity index (χ0) is 11.8. The summed E-state index contributed by atoms with van der Waals surface area (Å²) in [5, 5.41) is 10.2. The Kier molecular flexibility index (Phi) is 2.74. The van der Waals surface area contributed by atoms with Crippen LogP contribution in [0.5, 0.6) is 0 Å². The average molecular weight is 234 g/mol. The van der Waals surface area contributed by atoms with Crippen molar-refractivity contribution in [3.05, 3.63) is 23.7 Å². The topological polar surface area (TPSA) is 33.4 Å². The van der Waals surface area contributed by atoms with Crippen molar-refractivity contribution < 1.29 is 22.7 Å². The number of rotatable bonds is 2. The van der Waals surface area contributed by atoms with E-state index >= 15 is 0 Å². The van der Waals surface area contributed by atoms with Gasteiger partial charge in [-0.25, -0.2) is 0 Å². The highest BCUT2D eigenvalue weighted by Crippen LogP contribution is 2.41. The zero-order valence-electron chi connectivity index (χ0n) is 8.68. The maximum absolute atomic E-state index is 12.1. The number of aryl methyl sites for hydroxylation is 1. The van der Waals surface area contributed by atoms with E-state index in [9.17, 15) is 18.3 Å². The molecule has 2 nitrogen and oxygen atoms in total. The average Bonchev–Trinajstić information content (AvgIpc) is 2.64. The van der Waals surface area contributed by atoms with Gasteiger partial charge < -0.3 is 9.52 Å². The van der Waals surface area contributed by atoms with Crippen molar-refractivity contribution >= 4 is 0 Å². The summed E-state index contributed by atoms with van der Waals surface area (Å²) in [6.45, 7) is 0. The van der Waals surface area contributed by atoms with E-state index < -0.39 is 18.2 Å². The van der Waals surface area contributed by atoms with Crippen LogP contribution in [0.2, 0.25) is 0 Å². The largest absolute Gasteiger partial charge is 0.469 e. The van der Waals surface area contributed by atoms with Crippen molar-refractivity contribution in [2.75, 3.05) is 0 Å². The second kappa shape index (κ2) is 3.80. The van der Waals surface area contributed by atoms with E-state index in [0.29, 0.717) is 30.6 Å². The molecule has 1 atom stereocenters. The van der Waals surface area contributed by atoms with E-state index in [2.05, 4.69) is 0 Å². The molecule has 1 aliphatic carbocycles. The SMILES string of the molecule is OC1(CCC(F)(F)F)CCCc2occc21. The third-order valence-corrected chi connectivity index (χ3v) is 3.06. The molecule has 0 aliphatic heterocycles. The van der Waals surface area contributed by atoms with Crippen LogP contribution >= 0.6 is 0 Å². The molecule has 0 saturated heterocycles. The predicted molar refractivity (Wildman–Crippen MR) is 50.8 cm³/mol. The Bertz CT molecular complexity index is 370. The lowest BCUT2D eigenvalue weighted by atomic mass is 9.80. The summed E-state index contributed by atoms with van der Waals surface area (Å²) in [5.41, 5.74) is -0.834. The van der Waals surface area contributed by atoms with Crippen molar-refractivity contribution in [3.63, 3.8) is 0 Å². The number of fused-ring (bicyclic) bond motifs is 1. The summed E-state index contributed by atoms with van der Waals surface area (Å²) in [4.78, 5) is 0. The van der Waals surface area contributed by atoms with Gasteiger partial charge in [0, 0.05) is 18.4 Å². The third-order valence-electron chi connectivity index (χ3n) is 3.06. The molecule has 16 heavy (non-hydrogen) atoms. The fourth-order valence-electron chi connectivity index (χ4n) is 2.23. The molecular formula is C11H13F3O2. The molecule has 1 aliphatic rings. The van der Waals surface area contributed by atoms with Gasteiger partial charge in [0.1, 0.15) is 5.76 Å². The second-order valence-electron chi connectivity index (χ2n) is 4.26. The second-order valence-corrected chi connectivity index (χ2v) is 4.26. The molecule has 0 bridgehead atoms. The number of alkyl halides is 3. The van der Waals surface area contributed by atoms with Crippen LogP contribution in [-0.2, 0) is 12.0 Å². The van der Waals surface area contributed by atoms with Crippen molar-refractivity contribution in [1.82, 2.24) is 0 Å². The van der Waals surface area contributed by atoms with E-state index in [4.69, 9.17) is 4.42 Å². The van der Waals surface area contributed by atoms with Crippen molar-refractivity contribution in [1.29, 1.82) is 0 Å². The zero-order valence-corrected chi connectivity index (χ0v) is 8.68. The molecule has 90 valence electrons. The van der Waals surface area contributed by atoms with Crippen LogP contribution in [0, 0.1) is 0 Å². The molecule has 0 radical (unpaired) electrons. The molecule has 1 N–H and O–H groups in total. The fourth-order valence-corrected chi connectivity index (χ4v) is 2.23. The molecule has 2 rings (SSSR count). The van der Waals surface area contributed by atoms with Crippen LogP contribution in [0.3, 0.4) is 0 Å². The van der Waals surface area contributed by atoms with E-state index in [-0.39, 0.29) is 6.42 Å². The summed E-state index contributed by atoms with van der Waals surface area (Å²) in [5.74, 6) is 0.621. The van der Waals surface area contributed by atoms with Crippen molar-refractivity contribution in [2.45, 2.75) is 43.9 Å². The lowest BCUT2D eigenvalue weighted by molar-refractivity contribution is -0.149. The number of furan rings is 1. The quantitative estimate of drug-likeness (QED) is 0.852. The van der Waals surface area contributed by atoms with Gasteiger partial charge in [0.05, 0.1) is 11.9 Å². The van der Waals surface area contributed by atoms with Crippen LogP contribution < -0.4 is 0 Å². The summed E-state index contributed by atoms with van der Waals surface area (Å²) >= 11 is 0. The van der Waals surface area contributed by atoms with Gasteiger partial charge in [-0.3, -0.25) is 0 Å². The highest BCUT2D eigenvalue weighted by molar-refractivity contribution is 5.27.